The van der Waals surface area contributed by atoms with Crippen molar-refractivity contribution in [2.45, 2.75) is 20.0 Å². The van der Waals surface area contributed by atoms with Crippen LogP contribution in [0.25, 0.3) is 0 Å². The molecule has 1 aliphatic heterocycles. The van der Waals surface area contributed by atoms with Gasteiger partial charge < -0.3 is 10.0 Å². The van der Waals surface area contributed by atoms with E-state index in [4.69, 9.17) is 5.11 Å². The van der Waals surface area contributed by atoms with Gasteiger partial charge in [-0.3, -0.25) is 14.5 Å². The van der Waals surface area contributed by atoms with Crippen molar-refractivity contribution in [1.82, 2.24) is 19.6 Å². The summed E-state index contributed by atoms with van der Waals surface area (Å²) in [5.74, 6) is -1.17. The van der Waals surface area contributed by atoms with Crippen LogP contribution in [-0.2, 0) is 17.9 Å². The zero-order valence-electron chi connectivity index (χ0n) is 14.3. The maximum Gasteiger partial charge on any atom is 0.325 e. The molecule has 7 heteroatoms. The SMILES string of the molecule is Cc1cccc(CN2CCN(C(=O)c3ccnn3CC(=O)O)CC2)c1. The van der Waals surface area contributed by atoms with Crippen LogP contribution in [0, 0.1) is 6.92 Å². The standard InChI is InChI=1S/C18H22N4O3/c1-14-3-2-4-15(11-14)12-20-7-9-21(10-8-20)18(25)16-5-6-19-22(16)13-17(23)24/h2-6,11H,7-10,12-13H2,1H3,(H,23,24). The zero-order valence-corrected chi connectivity index (χ0v) is 14.3. The van der Waals surface area contributed by atoms with E-state index >= 15 is 0 Å². The van der Waals surface area contributed by atoms with Crippen LogP contribution in [-0.4, -0.2) is 62.7 Å². The molecule has 0 bridgehead atoms. The lowest BCUT2D eigenvalue weighted by molar-refractivity contribution is -0.137. The number of hydrogen-bond acceptors (Lipinski definition) is 4. The number of carbonyl (C=O) groups excluding carboxylic acids is 1. The van der Waals surface area contributed by atoms with Crippen molar-refractivity contribution in [3.05, 3.63) is 53.3 Å². The summed E-state index contributed by atoms with van der Waals surface area (Å²) in [6.45, 7) is 5.51. The maximum atomic E-state index is 12.6. The summed E-state index contributed by atoms with van der Waals surface area (Å²) in [6.07, 6.45) is 1.46. The molecule has 0 atom stereocenters. The van der Waals surface area contributed by atoms with Crippen molar-refractivity contribution in [3.63, 3.8) is 0 Å². The Kier molecular flexibility index (Phi) is 5.14. The van der Waals surface area contributed by atoms with Crippen LogP contribution < -0.4 is 0 Å². The Morgan fingerprint density at radius 3 is 2.60 bits per heavy atom. The molecule has 1 fully saturated rings. The number of aliphatic carboxylic acids is 1. The first-order valence-corrected chi connectivity index (χ1v) is 8.34. The molecule has 1 aromatic heterocycles. The highest BCUT2D eigenvalue weighted by atomic mass is 16.4. The van der Waals surface area contributed by atoms with E-state index < -0.39 is 5.97 Å². The highest BCUT2D eigenvalue weighted by Crippen LogP contribution is 2.12. The summed E-state index contributed by atoms with van der Waals surface area (Å²) in [4.78, 5) is 27.6. The van der Waals surface area contributed by atoms with Crippen LogP contribution >= 0.6 is 0 Å². The van der Waals surface area contributed by atoms with Gasteiger partial charge in [-0.15, -0.1) is 0 Å². The number of carbonyl (C=O) groups is 2. The molecule has 0 radical (unpaired) electrons. The van der Waals surface area contributed by atoms with Crippen LogP contribution in [0.15, 0.2) is 36.5 Å². The molecular weight excluding hydrogens is 320 g/mol. The third-order valence-corrected chi connectivity index (χ3v) is 4.37. The number of aromatic nitrogens is 2. The molecule has 0 spiro atoms. The number of rotatable bonds is 5. The minimum absolute atomic E-state index is 0.158. The molecule has 1 N–H and O–H groups in total. The van der Waals surface area contributed by atoms with Gasteiger partial charge in [0.1, 0.15) is 12.2 Å². The molecule has 1 aliphatic rings. The van der Waals surface area contributed by atoms with Gasteiger partial charge in [0.15, 0.2) is 0 Å². The molecule has 2 aromatic rings. The van der Waals surface area contributed by atoms with Crippen molar-refractivity contribution in [3.8, 4) is 0 Å². The van der Waals surface area contributed by atoms with Crippen molar-refractivity contribution in [2.75, 3.05) is 26.2 Å². The van der Waals surface area contributed by atoms with E-state index in [1.54, 1.807) is 11.0 Å². The number of piperazine rings is 1. The Hall–Kier alpha value is -2.67. The van der Waals surface area contributed by atoms with Gasteiger partial charge in [-0.1, -0.05) is 29.8 Å². The van der Waals surface area contributed by atoms with Gasteiger partial charge in [0.05, 0.1) is 0 Å². The summed E-state index contributed by atoms with van der Waals surface area (Å²) in [7, 11) is 0. The Balaban J connectivity index is 1.58. The van der Waals surface area contributed by atoms with Gasteiger partial charge in [0, 0.05) is 38.9 Å². The van der Waals surface area contributed by atoms with Crippen LogP contribution in [0.4, 0.5) is 0 Å². The van der Waals surface area contributed by atoms with E-state index in [1.807, 2.05) is 0 Å². The lowest BCUT2D eigenvalue weighted by Gasteiger charge is -2.34. The summed E-state index contributed by atoms with van der Waals surface area (Å²) >= 11 is 0. The number of nitrogens with zero attached hydrogens (tertiary/aromatic N) is 4. The lowest BCUT2D eigenvalue weighted by Crippen LogP contribution is -2.48. The monoisotopic (exact) mass is 342 g/mol. The number of carboxylic acids is 1. The van der Waals surface area contributed by atoms with E-state index in [0.29, 0.717) is 18.8 Å². The first-order chi connectivity index (χ1) is 12.0. The van der Waals surface area contributed by atoms with E-state index in [-0.39, 0.29) is 12.5 Å². The third kappa shape index (κ3) is 4.24. The van der Waals surface area contributed by atoms with Gasteiger partial charge in [-0.25, -0.2) is 4.68 Å². The molecule has 0 unspecified atom stereocenters. The summed E-state index contributed by atoms with van der Waals surface area (Å²) in [5.41, 5.74) is 2.85. The van der Waals surface area contributed by atoms with Crippen molar-refractivity contribution >= 4 is 11.9 Å². The first kappa shape index (κ1) is 17.2. The average molecular weight is 342 g/mol. The molecule has 1 saturated heterocycles. The normalized spacial score (nSPS) is 15.3. The maximum absolute atomic E-state index is 12.6. The second kappa shape index (κ2) is 7.48. The topological polar surface area (TPSA) is 78.7 Å². The Morgan fingerprint density at radius 1 is 1.16 bits per heavy atom. The number of amides is 1. The fourth-order valence-electron chi connectivity index (χ4n) is 3.11. The molecule has 25 heavy (non-hydrogen) atoms. The number of carboxylic acid groups (broad SMARTS) is 1. The molecular formula is C18H22N4O3. The fourth-order valence-corrected chi connectivity index (χ4v) is 3.11. The van der Waals surface area contributed by atoms with Gasteiger partial charge in [-0.2, -0.15) is 5.10 Å². The molecule has 132 valence electrons. The number of hydrogen-bond donors (Lipinski definition) is 1. The summed E-state index contributed by atoms with van der Waals surface area (Å²) in [6, 6.07) is 10.0. The highest BCUT2D eigenvalue weighted by Gasteiger charge is 2.24. The molecule has 0 aliphatic carbocycles. The molecule has 2 heterocycles. The quantitative estimate of drug-likeness (QED) is 0.884. The Morgan fingerprint density at radius 2 is 1.92 bits per heavy atom. The first-order valence-electron chi connectivity index (χ1n) is 8.34. The van der Waals surface area contributed by atoms with Crippen LogP contribution in [0.1, 0.15) is 21.6 Å². The van der Waals surface area contributed by atoms with Crippen LogP contribution in [0.2, 0.25) is 0 Å². The number of benzene rings is 1. The van der Waals surface area contributed by atoms with E-state index in [0.717, 1.165) is 19.6 Å². The highest BCUT2D eigenvalue weighted by molar-refractivity contribution is 5.93. The van der Waals surface area contributed by atoms with Crippen molar-refractivity contribution in [2.24, 2.45) is 0 Å². The molecule has 1 aromatic carbocycles. The third-order valence-electron chi connectivity index (χ3n) is 4.37. The summed E-state index contributed by atoms with van der Waals surface area (Å²) < 4.78 is 1.24. The Labute approximate surface area is 146 Å². The predicted molar refractivity (Wildman–Crippen MR) is 92.2 cm³/mol. The minimum Gasteiger partial charge on any atom is -0.480 e. The van der Waals surface area contributed by atoms with Gasteiger partial charge >= 0.3 is 5.97 Å². The molecule has 0 saturated carbocycles. The van der Waals surface area contributed by atoms with E-state index in [2.05, 4.69) is 41.2 Å². The van der Waals surface area contributed by atoms with Gasteiger partial charge in [0.2, 0.25) is 0 Å². The summed E-state index contributed by atoms with van der Waals surface area (Å²) in [5, 5.41) is 12.8. The van der Waals surface area contributed by atoms with Gasteiger partial charge in [-0.05, 0) is 18.6 Å². The van der Waals surface area contributed by atoms with E-state index in [9.17, 15) is 9.59 Å². The second-order valence-corrected chi connectivity index (χ2v) is 6.33. The van der Waals surface area contributed by atoms with Crippen LogP contribution in [0.5, 0.6) is 0 Å². The average Bonchev–Trinajstić information content (AvgIpc) is 3.02. The molecule has 1 amide bonds. The second-order valence-electron chi connectivity index (χ2n) is 6.33. The van der Waals surface area contributed by atoms with Crippen molar-refractivity contribution in [1.29, 1.82) is 0 Å². The number of aryl methyl sites for hydroxylation is 1. The molecule has 7 nitrogen and oxygen atoms in total. The smallest absolute Gasteiger partial charge is 0.325 e. The van der Waals surface area contributed by atoms with Crippen LogP contribution in [0.3, 0.4) is 0 Å². The minimum atomic E-state index is -1.01. The lowest BCUT2D eigenvalue weighted by atomic mass is 10.1. The molecule has 3 rings (SSSR count). The largest absolute Gasteiger partial charge is 0.480 e. The zero-order chi connectivity index (χ0) is 17.8. The Bertz CT molecular complexity index is 763. The fraction of sp³-hybridized carbons (Fsp3) is 0.389. The van der Waals surface area contributed by atoms with Gasteiger partial charge in [0.25, 0.3) is 5.91 Å². The van der Waals surface area contributed by atoms with Crippen molar-refractivity contribution < 1.29 is 14.7 Å². The predicted octanol–water partition coefficient (Wildman–Crippen LogP) is 1.23. The van der Waals surface area contributed by atoms with E-state index in [1.165, 1.54) is 22.0 Å².